The van der Waals surface area contributed by atoms with Crippen LogP contribution in [0, 0.1) is 0 Å². The van der Waals surface area contributed by atoms with Crippen LogP contribution in [0.1, 0.15) is 122 Å². The van der Waals surface area contributed by atoms with E-state index in [0.717, 1.165) is 27.0 Å². The van der Waals surface area contributed by atoms with Crippen molar-refractivity contribution in [2.24, 2.45) is 9.98 Å². The zero-order chi connectivity index (χ0) is 42.4. The van der Waals surface area contributed by atoms with Crippen LogP contribution in [0.5, 0.6) is 0 Å². The highest BCUT2D eigenvalue weighted by molar-refractivity contribution is 9.10. The van der Waals surface area contributed by atoms with Crippen molar-refractivity contribution in [1.82, 2.24) is 0 Å². The molecule has 54 heavy (non-hydrogen) atoms. The predicted octanol–water partition coefficient (Wildman–Crippen LogP) is 5.84. The van der Waals surface area contributed by atoms with Crippen molar-refractivity contribution in [3.63, 3.8) is 0 Å². The van der Waals surface area contributed by atoms with Gasteiger partial charge >= 0.3 is 7.12 Å². The van der Waals surface area contributed by atoms with Crippen molar-refractivity contribution >= 4 is 55.8 Å². The molecule has 0 unspecified atom stereocenters. The minimum absolute atomic E-state index is 0.0809. The molecule has 4 N–H and O–H groups in total. The molecule has 3 aliphatic rings. The maximum Gasteiger partial charge on any atom is 0.494 e. The summed E-state index contributed by atoms with van der Waals surface area (Å²) in [5, 5.41) is 36.4. The largest absolute Gasteiger partial charge is 0.494 e. The average molecular weight is 813 g/mol. The summed E-state index contributed by atoms with van der Waals surface area (Å²) in [7, 11) is 7.67. The predicted molar refractivity (Wildman–Crippen MR) is 226 cm³/mol. The Morgan fingerprint density at radius 1 is 0.556 bits per heavy atom. The molecule has 2 aromatic rings. The van der Waals surface area contributed by atoms with Crippen LogP contribution in [-0.4, -0.2) is 113 Å². The lowest BCUT2D eigenvalue weighted by Crippen LogP contribution is -2.44. The van der Waals surface area contributed by atoms with Gasteiger partial charge in [-0.05, 0) is 153 Å². The van der Waals surface area contributed by atoms with Crippen LogP contribution in [0.2, 0.25) is 0 Å². The van der Waals surface area contributed by atoms with E-state index in [1.165, 1.54) is 0 Å². The molecule has 2 aromatic carbocycles. The van der Waals surface area contributed by atoms with Crippen molar-refractivity contribution in [3.05, 3.63) is 64.1 Å². The van der Waals surface area contributed by atoms with Gasteiger partial charge in [0.1, 0.15) is 13.2 Å². The molecule has 0 bridgehead atoms. The summed E-state index contributed by atoms with van der Waals surface area (Å²) in [6.45, 7) is 30.4. The van der Waals surface area contributed by atoms with E-state index in [9.17, 15) is 0 Å². The van der Waals surface area contributed by atoms with Crippen LogP contribution in [0.15, 0.2) is 63.0 Å². The lowest BCUT2D eigenvalue weighted by Gasteiger charge is -2.32. The van der Waals surface area contributed by atoms with E-state index in [1.54, 1.807) is 55.4 Å². The first-order chi connectivity index (χ1) is 24.2. The number of hydrogen-bond acceptors (Lipinski definition) is 10. The molecule has 10 nitrogen and oxygen atoms in total. The van der Waals surface area contributed by atoms with E-state index < -0.39 is 22.4 Å². The zero-order valence-corrected chi connectivity index (χ0v) is 37.0. The van der Waals surface area contributed by atoms with Gasteiger partial charge in [-0.25, -0.2) is 9.98 Å². The van der Waals surface area contributed by atoms with Crippen LogP contribution in [-0.2, 0) is 18.8 Å². The molecular formula is C40H64B3BrN2O8. The Morgan fingerprint density at radius 2 is 0.833 bits per heavy atom. The van der Waals surface area contributed by atoms with Crippen molar-refractivity contribution < 1.29 is 39.2 Å². The molecule has 0 atom stereocenters. The fourth-order valence-corrected chi connectivity index (χ4v) is 4.08. The summed E-state index contributed by atoms with van der Waals surface area (Å²) >= 11 is 3.40. The lowest BCUT2D eigenvalue weighted by atomic mass is 9.79. The third-order valence-corrected chi connectivity index (χ3v) is 10.2. The topological polar surface area (TPSA) is 143 Å². The quantitative estimate of drug-likeness (QED) is 0.276. The highest BCUT2D eigenvalue weighted by Crippen LogP contribution is 2.36. The van der Waals surface area contributed by atoms with Gasteiger partial charge < -0.3 is 39.2 Å². The Labute approximate surface area is 336 Å². The molecule has 298 valence electrons. The summed E-state index contributed by atoms with van der Waals surface area (Å²) in [6.07, 6.45) is 0. The Bertz CT molecular complexity index is 1470. The molecule has 0 saturated carbocycles. The van der Waals surface area contributed by atoms with Gasteiger partial charge in [-0.3, -0.25) is 0 Å². The fourth-order valence-electron chi connectivity index (χ4n) is 3.82. The molecule has 14 heteroatoms. The van der Waals surface area contributed by atoms with E-state index in [2.05, 4.69) is 96.8 Å². The van der Waals surface area contributed by atoms with Gasteiger partial charge in [0.2, 0.25) is 11.8 Å². The first kappa shape index (κ1) is 49.8. The monoisotopic (exact) mass is 812 g/mol. The zero-order valence-electron chi connectivity index (χ0n) is 35.5. The maximum absolute atomic E-state index is 9.10. The number of halogens is 1. The first-order valence-corrected chi connectivity index (χ1v) is 18.9. The number of ether oxygens (including phenoxy) is 2. The van der Waals surface area contributed by atoms with E-state index in [1.807, 2.05) is 48.5 Å². The molecule has 3 aliphatic heterocycles. The Balaban J connectivity index is 0.000000391. The van der Waals surface area contributed by atoms with Crippen molar-refractivity contribution in [3.8, 4) is 0 Å². The highest BCUT2D eigenvalue weighted by atomic mass is 79.9. The average Bonchev–Trinajstić information content (AvgIpc) is 3.64. The van der Waals surface area contributed by atoms with E-state index in [0.29, 0.717) is 19.1 Å². The van der Waals surface area contributed by atoms with Gasteiger partial charge in [0.15, 0.2) is 0 Å². The highest BCUT2D eigenvalue weighted by Gasteiger charge is 2.51. The minimum Gasteiger partial charge on any atom is -0.475 e. The molecule has 1 saturated heterocycles. The molecule has 3 heterocycles. The van der Waals surface area contributed by atoms with Crippen molar-refractivity contribution in [1.29, 1.82) is 0 Å². The molecule has 1 fully saturated rings. The van der Waals surface area contributed by atoms with Crippen LogP contribution < -0.4 is 5.46 Å². The second-order valence-electron chi connectivity index (χ2n) is 18.0. The standard InChI is InChI=1S/C17H24BNO3.C11H12BrNO.2C6H14O2.B2/c1-15(2)11-20-14(19-15)12-7-9-13(10-8-12)18-21-16(3,4)17(5,6)22-18;1-11(2)7-14-10(13-11)8-3-5-9(12)6-4-8;2*1-5(2,7)6(3,4)8;1-2/h7-10H,11H2,1-6H3;3-6H,7H2,1-2H3;2*7-8H,1-4H3;. The normalized spacial score (nSPS) is 19.4. The second-order valence-corrected chi connectivity index (χ2v) is 18.9. The number of nitrogens with zero attached hydrogens (tertiary/aromatic N) is 2. The summed E-state index contributed by atoms with van der Waals surface area (Å²) in [5.74, 6) is 1.47. The molecule has 0 aliphatic carbocycles. The van der Waals surface area contributed by atoms with Gasteiger partial charge in [-0.2, -0.15) is 0 Å². The van der Waals surface area contributed by atoms with Gasteiger partial charge in [0, 0.05) is 31.1 Å². The number of rotatable bonds is 5. The van der Waals surface area contributed by atoms with Gasteiger partial charge in [0.25, 0.3) is 0 Å². The van der Waals surface area contributed by atoms with Crippen molar-refractivity contribution in [2.45, 2.75) is 155 Å². The van der Waals surface area contributed by atoms with Crippen LogP contribution >= 0.6 is 15.9 Å². The van der Waals surface area contributed by atoms with Crippen LogP contribution in [0.3, 0.4) is 0 Å². The molecule has 5 rings (SSSR count). The number of aliphatic imine (C=N–C) groups is 2. The molecule has 0 amide bonds. The van der Waals surface area contributed by atoms with E-state index in [4.69, 9.17) is 39.2 Å². The van der Waals surface area contributed by atoms with Crippen molar-refractivity contribution in [2.75, 3.05) is 13.2 Å². The summed E-state index contributed by atoms with van der Waals surface area (Å²) in [5.41, 5.74) is -1.84. The van der Waals surface area contributed by atoms with Crippen LogP contribution in [0.25, 0.3) is 0 Å². The maximum atomic E-state index is 9.10. The second kappa shape index (κ2) is 18.4. The summed E-state index contributed by atoms with van der Waals surface area (Å²) in [6, 6.07) is 16.1. The third-order valence-electron chi connectivity index (χ3n) is 9.70. The van der Waals surface area contributed by atoms with Crippen LogP contribution in [0.4, 0.5) is 0 Å². The first-order valence-electron chi connectivity index (χ1n) is 18.1. The van der Waals surface area contributed by atoms with Gasteiger partial charge in [-0.1, -0.05) is 28.1 Å². The summed E-state index contributed by atoms with van der Waals surface area (Å²) < 4.78 is 24.4. The van der Waals surface area contributed by atoms with E-state index >= 15 is 0 Å². The lowest BCUT2D eigenvalue weighted by molar-refractivity contribution is -0.107. The molecule has 0 aromatic heterocycles. The Kier molecular flexibility index (Phi) is 17.0. The molecule has 4 radical (unpaired) electrons. The third kappa shape index (κ3) is 15.0. The fraction of sp³-hybridized carbons (Fsp3) is 0.650. The molecule has 0 spiro atoms. The van der Waals surface area contributed by atoms with E-state index in [-0.39, 0.29) is 29.4 Å². The van der Waals surface area contributed by atoms with Gasteiger partial charge in [-0.15, -0.1) is 0 Å². The van der Waals surface area contributed by atoms with Gasteiger partial charge in [0.05, 0.1) is 44.7 Å². The Hall–Kier alpha value is -2.19. The number of aliphatic hydroxyl groups is 4. The summed E-state index contributed by atoms with van der Waals surface area (Å²) in [4.78, 5) is 9.10. The number of benzene rings is 2. The minimum atomic E-state index is -1.01. The smallest absolute Gasteiger partial charge is 0.475 e. The number of hydrogen-bond donors (Lipinski definition) is 4. The SMILES string of the molecule is CC(C)(O)C(C)(C)O.CC(C)(O)C(C)(C)O.CC1(C)COC(c2ccc(B3OC(C)(C)C(C)(C)O3)cc2)=N1.CC1(C)COC(c2ccc(Br)cc2)=N1.[B][B]. The molecular weight excluding hydrogens is 749 g/mol. The Morgan fingerprint density at radius 3 is 1.07 bits per heavy atom.